The number of fused-ring (bicyclic) bond motifs is 1. The minimum Gasteiger partial charge on any atom is -0.474 e. The number of benzene rings is 1. The maximum absolute atomic E-state index is 14.2. The van der Waals surface area contributed by atoms with Crippen molar-refractivity contribution < 1.29 is 32.6 Å². The maximum atomic E-state index is 14.2. The summed E-state index contributed by atoms with van der Waals surface area (Å²) in [6.45, 7) is 4.29. The molecule has 2 amide bonds. The van der Waals surface area contributed by atoms with Crippen LogP contribution in [0.2, 0.25) is 0 Å². The summed E-state index contributed by atoms with van der Waals surface area (Å²) in [5, 5.41) is 0. The van der Waals surface area contributed by atoms with Crippen molar-refractivity contribution >= 4 is 28.8 Å². The molecule has 2 aliphatic heterocycles. The van der Waals surface area contributed by atoms with Gasteiger partial charge in [0.2, 0.25) is 23.6 Å². The zero-order chi connectivity index (χ0) is 30.6. The van der Waals surface area contributed by atoms with E-state index in [2.05, 4.69) is 15.0 Å². The highest BCUT2D eigenvalue weighted by atomic mass is 19.3. The second-order valence-electron chi connectivity index (χ2n) is 11.3. The van der Waals surface area contributed by atoms with E-state index in [0.29, 0.717) is 95.3 Å². The van der Waals surface area contributed by atoms with Gasteiger partial charge in [-0.25, -0.2) is 13.8 Å². The second kappa shape index (κ2) is 13.4. The minimum atomic E-state index is -2.82. The molecule has 2 saturated heterocycles. The van der Waals surface area contributed by atoms with Crippen molar-refractivity contribution in [3.05, 3.63) is 36.2 Å². The van der Waals surface area contributed by atoms with E-state index in [0.717, 1.165) is 0 Å². The van der Waals surface area contributed by atoms with Crippen LogP contribution in [0.5, 0.6) is 5.88 Å². The Morgan fingerprint density at radius 2 is 1.66 bits per heavy atom. The number of hydrogen-bond donors (Lipinski definition) is 0. The lowest BCUT2D eigenvalue weighted by atomic mass is 9.86. The van der Waals surface area contributed by atoms with E-state index >= 15 is 0 Å². The number of ether oxygens (including phenoxy) is 3. The van der Waals surface area contributed by atoms with E-state index in [1.54, 1.807) is 42.3 Å². The van der Waals surface area contributed by atoms with Crippen LogP contribution in [0, 0.1) is 5.92 Å². The van der Waals surface area contributed by atoms with Gasteiger partial charge in [-0.15, -0.1) is 0 Å². The van der Waals surface area contributed by atoms with Gasteiger partial charge in [-0.1, -0.05) is 12.1 Å². The first-order chi connectivity index (χ1) is 21.4. The van der Waals surface area contributed by atoms with Crippen LogP contribution < -0.4 is 9.64 Å². The molecule has 0 atom stereocenters. The van der Waals surface area contributed by atoms with Crippen molar-refractivity contribution in [2.24, 2.45) is 5.92 Å². The number of amides is 2. The van der Waals surface area contributed by atoms with E-state index < -0.39 is 12.2 Å². The molecule has 2 aromatic heterocycles. The summed E-state index contributed by atoms with van der Waals surface area (Å²) >= 11 is 0. The number of hydrogen-bond acceptors (Lipinski definition) is 9. The third-order valence-corrected chi connectivity index (χ3v) is 8.41. The van der Waals surface area contributed by atoms with Crippen LogP contribution in [-0.4, -0.2) is 113 Å². The van der Waals surface area contributed by atoms with Crippen LogP contribution in [0.3, 0.4) is 0 Å². The van der Waals surface area contributed by atoms with Gasteiger partial charge in [0.05, 0.1) is 44.0 Å². The summed E-state index contributed by atoms with van der Waals surface area (Å²) < 4.78 is 46.8. The summed E-state index contributed by atoms with van der Waals surface area (Å²) in [6, 6.07) is 8.52. The van der Waals surface area contributed by atoms with Gasteiger partial charge in [-0.3, -0.25) is 14.2 Å². The molecule has 1 aromatic carbocycles. The standard InChI is InChI=1S/C30H37F2N7O5/c1-36(19-26(40)37-10-14-42-15-11-37)29(41)20-6-8-21(9-7-20)44-25-18-24(34-30(35-25)38-12-16-43-17-13-38)39-23-5-3-2-4-22(23)33-28(39)27(31)32/h2-5,18,20-21,27H,6-17,19H2,1H3/t20-,21-. The lowest BCUT2D eigenvalue weighted by molar-refractivity contribution is -0.144. The molecule has 0 unspecified atom stereocenters. The minimum absolute atomic E-state index is 0.0458. The first kappa shape index (κ1) is 30.1. The molecular formula is C30H37F2N7O5. The molecule has 6 rings (SSSR count). The number of carbonyl (C=O) groups is 2. The number of alkyl halides is 2. The van der Waals surface area contributed by atoms with E-state index in [1.165, 1.54) is 9.47 Å². The summed E-state index contributed by atoms with van der Waals surface area (Å²) in [5.41, 5.74) is 0.951. The molecule has 0 radical (unpaired) electrons. The van der Waals surface area contributed by atoms with Crippen LogP contribution >= 0.6 is 0 Å². The molecule has 44 heavy (non-hydrogen) atoms. The SMILES string of the molecule is CN(CC(=O)N1CCOCC1)C(=O)[C@H]1CC[C@H](Oc2cc(-n3c(C(F)F)nc4ccccc43)nc(N3CCOCC3)n2)CC1. The van der Waals surface area contributed by atoms with Crippen molar-refractivity contribution in [2.75, 3.05) is 71.1 Å². The van der Waals surface area contributed by atoms with Crippen molar-refractivity contribution in [2.45, 2.75) is 38.2 Å². The summed E-state index contributed by atoms with van der Waals surface area (Å²) in [7, 11) is 1.67. The molecule has 3 fully saturated rings. The molecule has 0 bridgehead atoms. The number of rotatable bonds is 8. The topological polar surface area (TPSA) is 115 Å². The van der Waals surface area contributed by atoms with Gasteiger partial charge in [0.1, 0.15) is 11.9 Å². The van der Waals surface area contributed by atoms with Gasteiger partial charge >= 0.3 is 0 Å². The van der Waals surface area contributed by atoms with Gasteiger partial charge in [-0.05, 0) is 37.8 Å². The van der Waals surface area contributed by atoms with E-state index in [9.17, 15) is 18.4 Å². The van der Waals surface area contributed by atoms with Gasteiger partial charge in [0.15, 0.2) is 5.82 Å². The first-order valence-corrected chi connectivity index (χ1v) is 15.1. The van der Waals surface area contributed by atoms with Crippen molar-refractivity contribution in [3.63, 3.8) is 0 Å². The first-order valence-electron chi connectivity index (χ1n) is 15.1. The van der Waals surface area contributed by atoms with Gasteiger partial charge in [-0.2, -0.15) is 9.97 Å². The van der Waals surface area contributed by atoms with Crippen LogP contribution in [0.1, 0.15) is 37.9 Å². The second-order valence-corrected chi connectivity index (χ2v) is 11.3. The predicted octanol–water partition coefficient (Wildman–Crippen LogP) is 2.84. The highest BCUT2D eigenvalue weighted by molar-refractivity contribution is 5.86. The van der Waals surface area contributed by atoms with Crippen molar-refractivity contribution in [3.8, 4) is 11.7 Å². The van der Waals surface area contributed by atoms with E-state index in [4.69, 9.17) is 14.2 Å². The zero-order valence-corrected chi connectivity index (χ0v) is 24.7. The fourth-order valence-electron chi connectivity index (χ4n) is 6.02. The number of para-hydroxylation sites is 2. The monoisotopic (exact) mass is 613 g/mol. The largest absolute Gasteiger partial charge is 0.474 e. The number of anilines is 1. The van der Waals surface area contributed by atoms with Gasteiger partial charge in [0, 0.05) is 45.2 Å². The number of imidazole rings is 1. The molecule has 12 nitrogen and oxygen atoms in total. The molecule has 3 aliphatic rings. The Bertz CT molecular complexity index is 1470. The molecule has 14 heteroatoms. The Morgan fingerprint density at radius 1 is 0.977 bits per heavy atom. The zero-order valence-electron chi connectivity index (χ0n) is 24.7. The molecular weight excluding hydrogens is 576 g/mol. The van der Waals surface area contributed by atoms with E-state index in [1.807, 2.05) is 4.90 Å². The molecule has 0 spiro atoms. The normalized spacial score (nSPS) is 21.1. The number of likely N-dealkylation sites (N-methyl/N-ethyl adjacent to an activating group) is 1. The Balaban J connectivity index is 1.17. The number of halogens is 2. The molecule has 4 heterocycles. The summed E-state index contributed by atoms with van der Waals surface area (Å²) in [5.74, 6) is 0.169. The molecule has 236 valence electrons. The maximum Gasteiger partial charge on any atom is 0.296 e. The number of morpholine rings is 2. The highest BCUT2D eigenvalue weighted by Crippen LogP contribution is 2.32. The summed E-state index contributed by atoms with van der Waals surface area (Å²) in [6.07, 6.45) is -0.586. The lowest BCUT2D eigenvalue weighted by Crippen LogP contribution is -2.47. The predicted molar refractivity (Wildman–Crippen MR) is 156 cm³/mol. The Morgan fingerprint density at radius 3 is 2.36 bits per heavy atom. The van der Waals surface area contributed by atoms with Gasteiger partial charge < -0.3 is 28.9 Å². The smallest absolute Gasteiger partial charge is 0.296 e. The van der Waals surface area contributed by atoms with Crippen LogP contribution in [-0.2, 0) is 19.1 Å². The van der Waals surface area contributed by atoms with Gasteiger partial charge in [0.25, 0.3) is 6.43 Å². The van der Waals surface area contributed by atoms with Crippen molar-refractivity contribution in [1.82, 2.24) is 29.3 Å². The molecule has 1 saturated carbocycles. The Labute approximate surface area is 253 Å². The number of nitrogens with zero attached hydrogens (tertiary/aromatic N) is 7. The Kier molecular flexibility index (Phi) is 9.17. The third-order valence-electron chi connectivity index (χ3n) is 8.41. The Hall–Kier alpha value is -3.91. The fourth-order valence-corrected chi connectivity index (χ4v) is 6.02. The highest BCUT2D eigenvalue weighted by Gasteiger charge is 2.31. The molecule has 1 aliphatic carbocycles. The van der Waals surface area contributed by atoms with Crippen molar-refractivity contribution in [1.29, 1.82) is 0 Å². The number of aromatic nitrogens is 4. The molecule has 3 aromatic rings. The van der Waals surface area contributed by atoms with Crippen LogP contribution in [0.25, 0.3) is 16.9 Å². The van der Waals surface area contributed by atoms with Crippen LogP contribution in [0.15, 0.2) is 30.3 Å². The number of carbonyl (C=O) groups excluding carboxylic acids is 2. The third kappa shape index (κ3) is 6.60. The quantitative estimate of drug-likeness (QED) is 0.378. The average molecular weight is 614 g/mol. The van der Waals surface area contributed by atoms with E-state index in [-0.39, 0.29) is 42.1 Å². The average Bonchev–Trinajstić information content (AvgIpc) is 3.46. The fraction of sp³-hybridized carbons (Fsp3) is 0.567. The molecule has 0 N–H and O–H groups in total. The summed E-state index contributed by atoms with van der Waals surface area (Å²) in [4.78, 5) is 44.5. The van der Waals surface area contributed by atoms with Crippen LogP contribution in [0.4, 0.5) is 14.7 Å². The lowest BCUT2D eigenvalue weighted by Gasteiger charge is -2.32.